The van der Waals surface area contributed by atoms with E-state index in [0.29, 0.717) is 11.4 Å². The lowest BCUT2D eigenvalue weighted by Gasteiger charge is -2.38. The van der Waals surface area contributed by atoms with Crippen LogP contribution in [0.2, 0.25) is 0 Å². The molecule has 7 nitrogen and oxygen atoms in total. The minimum atomic E-state index is -1.01. The van der Waals surface area contributed by atoms with E-state index in [1.165, 1.54) is 23.9 Å². The van der Waals surface area contributed by atoms with E-state index in [2.05, 4.69) is 10.3 Å². The molecule has 0 bridgehead atoms. The van der Waals surface area contributed by atoms with Gasteiger partial charge in [0.15, 0.2) is 0 Å². The molecule has 172 valence electrons. The molecule has 1 atom stereocenters. The van der Waals surface area contributed by atoms with Crippen LogP contribution < -0.4 is 11.1 Å². The SMILES string of the molecule is CC(C)C1=C(Sc2cc(F)cc(F)c2)N(Cc2cccnc2)C(C)(OCCOC(N)=O)N1. The second kappa shape index (κ2) is 10.2. The van der Waals surface area contributed by atoms with Crippen LogP contribution in [0.4, 0.5) is 13.6 Å². The average molecular weight is 465 g/mol. The molecule has 32 heavy (non-hydrogen) atoms. The third kappa shape index (κ3) is 5.89. The van der Waals surface area contributed by atoms with Crippen LogP contribution in [-0.2, 0) is 16.0 Å². The van der Waals surface area contributed by atoms with E-state index in [-0.39, 0.29) is 19.1 Å². The molecule has 1 aromatic heterocycles. The Bertz CT molecular complexity index is 970. The normalized spacial score (nSPS) is 18.2. The van der Waals surface area contributed by atoms with Gasteiger partial charge in [0.05, 0.1) is 11.6 Å². The molecule has 3 N–H and O–H groups in total. The van der Waals surface area contributed by atoms with Gasteiger partial charge in [0.25, 0.3) is 0 Å². The smallest absolute Gasteiger partial charge is 0.404 e. The van der Waals surface area contributed by atoms with Crippen LogP contribution in [0.25, 0.3) is 0 Å². The molecule has 1 amide bonds. The van der Waals surface area contributed by atoms with Gasteiger partial charge in [0.1, 0.15) is 18.2 Å². The Morgan fingerprint density at radius 1 is 1.28 bits per heavy atom. The van der Waals surface area contributed by atoms with Gasteiger partial charge in [0, 0.05) is 42.5 Å². The summed E-state index contributed by atoms with van der Waals surface area (Å²) in [7, 11) is 0. The van der Waals surface area contributed by atoms with Crippen molar-refractivity contribution in [1.82, 2.24) is 15.2 Å². The Morgan fingerprint density at radius 2 is 2.00 bits per heavy atom. The number of aromatic nitrogens is 1. The van der Waals surface area contributed by atoms with E-state index in [9.17, 15) is 13.6 Å². The first kappa shape index (κ1) is 23.8. The number of pyridine rings is 1. The molecule has 1 aliphatic heterocycles. The summed E-state index contributed by atoms with van der Waals surface area (Å²) in [6.45, 7) is 6.37. The highest BCUT2D eigenvalue weighted by Gasteiger charge is 2.43. The quantitative estimate of drug-likeness (QED) is 0.539. The molecule has 0 aliphatic carbocycles. The highest BCUT2D eigenvalue weighted by molar-refractivity contribution is 8.03. The van der Waals surface area contributed by atoms with E-state index in [0.717, 1.165) is 22.4 Å². The molecule has 0 spiro atoms. The number of hydrogen-bond acceptors (Lipinski definition) is 7. The summed E-state index contributed by atoms with van der Waals surface area (Å²) in [4.78, 5) is 17.4. The van der Waals surface area contributed by atoms with E-state index in [1.807, 2.05) is 37.8 Å². The number of hydrogen-bond donors (Lipinski definition) is 2. The van der Waals surface area contributed by atoms with Crippen LogP contribution in [0.3, 0.4) is 0 Å². The van der Waals surface area contributed by atoms with Crippen molar-refractivity contribution in [2.45, 2.75) is 38.1 Å². The molecule has 1 unspecified atom stereocenters. The summed E-state index contributed by atoms with van der Waals surface area (Å²) in [6.07, 6.45) is 2.55. The van der Waals surface area contributed by atoms with Crippen molar-refractivity contribution in [3.8, 4) is 0 Å². The molecular formula is C22H26F2N4O3S. The van der Waals surface area contributed by atoms with Crippen LogP contribution in [0.1, 0.15) is 26.3 Å². The number of allylic oxidation sites excluding steroid dienone is 1. The van der Waals surface area contributed by atoms with E-state index < -0.39 is 23.6 Å². The fourth-order valence-electron chi connectivity index (χ4n) is 3.30. The topological polar surface area (TPSA) is 89.7 Å². The maximum Gasteiger partial charge on any atom is 0.404 e. The van der Waals surface area contributed by atoms with Crippen LogP contribution in [0, 0.1) is 17.6 Å². The summed E-state index contributed by atoms with van der Waals surface area (Å²) < 4.78 is 38.5. The van der Waals surface area contributed by atoms with Crippen LogP contribution in [-0.4, -0.2) is 35.0 Å². The van der Waals surface area contributed by atoms with Gasteiger partial charge in [0.2, 0.25) is 5.85 Å². The van der Waals surface area contributed by atoms with Crippen LogP contribution in [0.15, 0.2) is 58.3 Å². The van der Waals surface area contributed by atoms with E-state index >= 15 is 0 Å². The number of amides is 1. The zero-order valence-corrected chi connectivity index (χ0v) is 18.9. The van der Waals surface area contributed by atoms with Crippen molar-refractivity contribution in [2.75, 3.05) is 13.2 Å². The van der Waals surface area contributed by atoms with Crippen molar-refractivity contribution in [2.24, 2.45) is 11.7 Å². The monoisotopic (exact) mass is 464 g/mol. The second-order valence-electron chi connectivity index (χ2n) is 7.65. The van der Waals surface area contributed by atoms with Gasteiger partial charge < -0.3 is 25.4 Å². The largest absolute Gasteiger partial charge is 0.447 e. The van der Waals surface area contributed by atoms with Gasteiger partial charge in [-0.25, -0.2) is 13.6 Å². The van der Waals surface area contributed by atoms with Crippen molar-refractivity contribution in [1.29, 1.82) is 0 Å². The fourth-order valence-corrected chi connectivity index (χ4v) is 4.62. The number of carbonyl (C=O) groups excluding carboxylic acids is 1. The number of halogens is 2. The predicted octanol–water partition coefficient (Wildman–Crippen LogP) is 4.17. The van der Waals surface area contributed by atoms with E-state index in [4.69, 9.17) is 15.2 Å². The summed E-state index contributed by atoms with van der Waals surface area (Å²) in [5.41, 5.74) is 6.81. The average Bonchev–Trinajstić information content (AvgIpc) is 2.98. The summed E-state index contributed by atoms with van der Waals surface area (Å²) in [5.74, 6) is -2.23. The molecule has 2 aromatic rings. The Balaban J connectivity index is 1.94. The minimum absolute atomic E-state index is 0.0120. The maximum absolute atomic E-state index is 13.8. The minimum Gasteiger partial charge on any atom is -0.447 e. The Hall–Kier alpha value is -2.85. The predicted molar refractivity (Wildman–Crippen MR) is 117 cm³/mol. The Morgan fingerprint density at radius 3 is 2.59 bits per heavy atom. The third-order valence-corrected chi connectivity index (χ3v) is 5.86. The zero-order valence-electron chi connectivity index (χ0n) is 18.1. The molecule has 3 rings (SSSR count). The lowest BCUT2D eigenvalue weighted by Crippen LogP contribution is -2.52. The number of ether oxygens (including phenoxy) is 2. The molecule has 1 aliphatic rings. The number of nitrogens with zero attached hydrogens (tertiary/aromatic N) is 2. The second-order valence-corrected chi connectivity index (χ2v) is 8.71. The Kier molecular flexibility index (Phi) is 7.57. The zero-order chi connectivity index (χ0) is 23.3. The number of nitrogens with two attached hydrogens (primary N) is 1. The maximum atomic E-state index is 13.8. The van der Waals surface area contributed by atoms with Crippen molar-refractivity contribution >= 4 is 17.9 Å². The summed E-state index contributed by atoms with van der Waals surface area (Å²) >= 11 is 1.25. The molecule has 0 radical (unpaired) electrons. The van der Waals surface area contributed by atoms with Crippen LogP contribution in [0.5, 0.6) is 0 Å². The first-order valence-corrected chi connectivity index (χ1v) is 10.9. The number of thioether (sulfide) groups is 1. The number of benzene rings is 1. The number of nitrogens with one attached hydrogen (secondary N) is 1. The number of carbonyl (C=O) groups is 1. The van der Waals surface area contributed by atoms with Crippen molar-refractivity contribution < 1.29 is 23.0 Å². The summed E-state index contributed by atoms with van der Waals surface area (Å²) in [5, 5.41) is 4.18. The highest BCUT2D eigenvalue weighted by Crippen LogP contribution is 2.43. The highest BCUT2D eigenvalue weighted by atomic mass is 32.2. The van der Waals surface area contributed by atoms with Gasteiger partial charge in [-0.2, -0.15) is 0 Å². The number of primary amides is 1. The van der Waals surface area contributed by atoms with Gasteiger partial charge >= 0.3 is 6.09 Å². The van der Waals surface area contributed by atoms with Gasteiger partial charge in [-0.3, -0.25) is 4.98 Å². The summed E-state index contributed by atoms with van der Waals surface area (Å²) in [6, 6.07) is 7.19. The van der Waals surface area contributed by atoms with Gasteiger partial charge in [-0.1, -0.05) is 31.7 Å². The fraction of sp³-hybridized carbons (Fsp3) is 0.364. The van der Waals surface area contributed by atoms with E-state index in [1.54, 1.807) is 12.4 Å². The van der Waals surface area contributed by atoms with Crippen LogP contribution >= 0.6 is 11.8 Å². The first-order valence-electron chi connectivity index (χ1n) is 10.1. The molecule has 10 heteroatoms. The molecule has 0 saturated carbocycles. The lowest BCUT2D eigenvalue weighted by atomic mass is 10.1. The standard InChI is InChI=1S/C22H26F2N4O3S/c1-14(2)19-20(32-18-10-16(23)9-17(24)11-18)28(13-15-5-4-6-26-12-15)22(3,27-19)31-8-7-30-21(25)29/h4-6,9-12,14,27H,7-8,13H2,1-3H3,(H2,25,29). The molecular weight excluding hydrogens is 438 g/mol. The van der Waals surface area contributed by atoms with Crippen molar-refractivity contribution in [3.05, 3.63) is 70.6 Å². The molecule has 0 saturated heterocycles. The first-order chi connectivity index (χ1) is 15.2. The van der Waals surface area contributed by atoms with Crippen molar-refractivity contribution in [3.63, 3.8) is 0 Å². The molecule has 0 fully saturated rings. The third-order valence-electron chi connectivity index (χ3n) is 4.76. The Labute approximate surface area is 190 Å². The van der Waals surface area contributed by atoms with Gasteiger partial charge in [-0.15, -0.1) is 0 Å². The molecule has 2 heterocycles. The lowest BCUT2D eigenvalue weighted by molar-refractivity contribution is -0.141. The molecule has 1 aromatic carbocycles. The van der Waals surface area contributed by atoms with Gasteiger partial charge in [-0.05, 0) is 29.7 Å². The number of rotatable bonds is 9.